The van der Waals surface area contributed by atoms with Gasteiger partial charge in [-0.1, -0.05) is 72.8 Å². The van der Waals surface area contributed by atoms with E-state index in [2.05, 4.69) is 0 Å². The Morgan fingerprint density at radius 1 is 0.561 bits per heavy atom. The maximum Gasteiger partial charge on any atom is 0.361 e. The van der Waals surface area contributed by atoms with E-state index >= 15 is 0 Å². The molecule has 0 amide bonds. The highest BCUT2D eigenvalue weighted by molar-refractivity contribution is 6.40. The third-order valence-corrected chi connectivity index (χ3v) is 5.88. The molecule has 4 aromatic carbocycles. The fourth-order valence-corrected chi connectivity index (χ4v) is 3.64. The summed E-state index contributed by atoms with van der Waals surface area (Å²) in [5, 5.41) is 7.93. The van der Waals surface area contributed by atoms with Gasteiger partial charge in [-0.05, 0) is 61.5 Å². The highest BCUT2D eigenvalue weighted by atomic mass is 16.5. The average Bonchev–Trinajstić information content (AvgIpc) is 3.01. The predicted molar refractivity (Wildman–Crippen MR) is 155 cm³/mol. The molecule has 0 unspecified atom stereocenters. The first-order chi connectivity index (χ1) is 19.8. The summed E-state index contributed by atoms with van der Waals surface area (Å²) in [7, 11) is 0. The van der Waals surface area contributed by atoms with Gasteiger partial charge >= 0.3 is 11.9 Å². The van der Waals surface area contributed by atoms with Gasteiger partial charge in [0, 0.05) is 27.8 Å². The Morgan fingerprint density at radius 3 is 1.39 bits per heavy atom. The summed E-state index contributed by atoms with van der Waals surface area (Å²) < 4.78 is 10.5. The molecule has 1 N–H and O–H groups in total. The quantitative estimate of drug-likeness (QED) is 0.0639. The van der Waals surface area contributed by atoms with Crippen molar-refractivity contribution in [2.45, 2.75) is 6.92 Å². The molecule has 7 heteroatoms. The van der Waals surface area contributed by atoms with Crippen LogP contribution in [0.5, 0.6) is 11.5 Å². The van der Waals surface area contributed by atoms with Gasteiger partial charge in [0.25, 0.3) is 0 Å². The number of benzene rings is 4. The molecule has 0 aromatic heterocycles. The smallest absolute Gasteiger partial charge is 0.361 e. The number of carbonyl (C=O) groups is 4. The number of ether oxygens (including phenoxy) is 2. The SMILES string of the molecule is C/C(=C\C=C/C(=N)C(=O)Oc1ccc(C(=O)c2ccccc2)cc1)C(=O)Oc1ccc(C(=O)c2ccccc2)cc1. The zero-order chi connectivity index (χ0) is 29.2. The Kier molecular flexibility index (Phi) is 9.25. The first-order valence-electron chi connectivity index (χ1n) is 12.6. The number of nitrogens with one attached hydrogen (secondary N) is 1. The summed E-state index contributed by atoms with van der Waals surface area (Å²) in [6.45, 7) is 1.53. The molecule has 0 aliphatic heterocycles. The van der Waals surface area contributed by atoms with Crippen molar-refractivity contribution >= 4 is 29.2 Å². The van der Waals surface area contributed by atoms with E-state index in [1.54, 1.807) is 72.8 Å². The number of carbonyl (C=O) groups excluding carboxylic acids is 4. The zero-order valence-electron chi connectivity index (χ0n) is 22.1. The monoisotopic (exact) mass is 543 g/mol. The summed E-state index contributed by atoms with van der Waals surface area (Å²) in [4.78, 5) is 49.7. The van der Waals surface area contributed by atoms with E-state index in [0.717, 1.165) is 0 Å². The largest absolute Gasteiger partial charge is 0.423 e. The lowest BCUT2D eigenvalue weighted by Gasteiger charge is -2.06. The van der Waals surface area contributed by atoms with E-state index in [4.69, 9.17) is 14.9 Å². The fraction of sp³-hybridized carbons (Fsp3) is 0.0294. The summed E-state index contributed by atoms with van der Waals surface area (Å²) in [6, 6.07) is 29.9. The average molecular weight is 544 g/mol. The molecular formula is C34H25NO6. The summed E-state index contributed by atoms with van der Waals surface area (Å²) in [6.07, 6.45) is 3.96. The molecule has 0 heterocycles. The van der Waals surface area contributed by atoms with Crippen LogP contribution >= 0.6 is 0 Å². The number of ketones is 2. The van der Waals surface area contributed by atoms with Gasteiger partial charge < -0.3 is 9.47 Å². The molecule has 0 saturated carbocycles. The van der Waals surface area contributed by atoms with Gasteiger partial charge in [-0.3, -0.25) is 15.0 Å². The lowest BCUT2D eigenvalue weighted by molar-refractivity contribution is -0.130. The third-order valence-electron chi connectivity index (χ3n) is 5.88. The van der Waals surface area contributed by atoms with Crippen LogP contribution in [-0.4, -0.2) is 29.2 Å². The van der Waals surface area contributed by atoms with E-state index < -0.39 is 17.7 Å². The molecule has 7 nitrogen and oxygen atoms in total. The van der Waals surface area contributed by atoms with Crippen molar-refractivity contribution in [1.82, 2.24) is 0 Å². The van der Waals surface area contributed by atoms with Crippen LogP contribution in [0, 0.1) is 5.41 Å². The second kappa shape index (κ2) is 13.4. The number of hydrogen-bond acceptors (Lipinski definition) is 7. The molecule has 0 atom stereocenters. The van der Waals surface area contributed by atoms with Gasteiger partial charge in [-0.15, -0.1) is 0 Å². The maximum atomic E-state index is 12.5. The van der Waals surface area contributed by atoms with Crippen LogP contribution < -0.4 is 9.47 Å². The van der Waals surface area contributed by atoms with Crippen LogP contribution in [0.25, 0.3) is 0 Å². The fourth-order valence-electron chi connectivity index (χ4n) is 3.64. The number of allylic oxidation sites excluding steroid dienone is 2. The summed E-state index contributed by atoms with van der Waals surface area (Å²) >= 11 is 0. The molecule has 4 aromatic rings. The van der Waals surface area contributed by atoms with E-state index in [0.29, 0.717) is 22.3 Å². The molecule has 202 valence electrons. The molecular weight excluding hydrogens is 518 g/mol. The van der Waals surface area contributed by atoms with Gasteiger partial charge in [0.15, 0.2) is 11.6 Å². The first kappa shape index (κ1) is 28.3. The molecule has 0 spiro atoms. The van der Waals surface area contributed by atoms with Crippen molar-refractivity contribution in [2.75, 3.05) is 0 Å². The lowest BCUT2D eigenvalue weighted by atomic mass is 10.0. The Morgan fingerprint density at radius 2 is 0.951 bits per heavy atom. The van der Waals surface area contributed by atoms with Crippen LogP contribution in [-0.2, 0) is 9.59 Å². The zero-order valence-corrected chi connectivity index (χ0v) is 22.1. The molecule has 0 radical (unpaired) electrons. The first-order valence-corrected chi connectivity index (χ1v) is 12.6. The Hall–Kier alpha value is -5.69. The summed E-state index contributed by atoms with van der Waals surface area (Å²) in [5.74, 6) is -1.37. The van der Waals surface area contributed by atoms with Crippen molar-refractivity contribution in [3.05, 3.63) is 155 Å². The van der Waals surface area contributed by atoms with E-state index in [-0.39, 0.29) is 28.6 Å². The van der Waals surface area contributed by atoms with E-state index in [9.17, 15) is 19.2 Å². The number of rotatable bonds is 10. The second-order valence-electron chi connectivity index (χ2n) is 8.84. The van der Waals surface area contributed by atoms with Crippen LogP contribution in [0.15, 0.2) is 133 Å². The minimum absolute atomic E-state index is 0.138. The van der Waals surface area contributed by atoms with Crippen molar-refractivity contribution < 1.29 is 28.7 Å². The van der Waals surface area contributed by atoms with Gasteiger partial charge in [0.05, 0.1) is 0 Å². The Bertz CT molecular complexity index is 1640. The van der Waals surface area contributed by atoms with Gasteiger partial charge in [0.1, 0.15) is 17.2 Å². The molecule has 0 bridgehead atoms. The summed E-state index contributed by atoms with van der Waals surface area (Å²) in [5.41, 5.74) is 1.80. The van der Waals surface area contributed by atoms with E-state index in [1.807, 2.05) is 12.1 Å². The Balaban J connectivity index is 1.28. The molecule has 4 rings (SSSR count). The molecule has 41 heavy (non-hydrogen) atoms. The minimum Gasteiger partial charge on any atom is -0.423 e. The predicted octanol–water partition coefficient (Wildman–Crippen LogP) is 6.18. The molecule has 0 saturated heterocycles. The molecule has 0 aliphatic rings. The van der Waals surface area contributed by atoms with Crippen LogP contribution in [0.4, 0.5) is 0 Å². The minimum atomic E-state index is -0.901. The second-order valence-corrected chi connectivity index (χ2v) is 8.84. The highest BCUT2D eigenvalue weighted by Gasteiger charge is 2.13. The van der Waals surface area contributed by atoms with Crippen molar-refractivity contribution in [2.24, 2.45) is 0 Å². The standard InChI is InChI=1S/C34H25NO6/c1-23(33(38)40-28-19-15-26(16-20-28)31(36)24-10-4-2-5-11-24)9-8-14-30(35)34(39)41-29-21-17-27(18-22-29)32(37)25-12-6-3-7-13-25/h2-22,35H,1H3/b14-8-,23-9+,35-30?. The lowest BCUT2D eigenvalue weighted by Crippen LogP contribution is -2.17. The van der Waals surface area contributed by atoms with Gasteiger partial charge in [-0.25, -0.2) is 9.59 Å². The van der Waals surface area contributed by atoms with E-state index in [1.165, 1.54) is 49.4 Å². The van der Waals surface area contributed by atoms with Crippen LogP contribution in [0.1, 0.15) is 38.8 Å². The van der Waals surface area contributed by atoms with Gasteiger partial charge in [-0.2, -0.15) is 0 Å². The van der Waals surface area contributed by atoms with Crippen molar-refractivity contribution in [1.29, 1.82) is 5.41 Å². The van der Waals surface area contributed by atoms with Crippen LogP contribution in [0.3, 0.4) is 0 Å². The molecule has 0 fully saturated rings. The van der Waals surface area contributed by atoms with Crippen molar-refractivity contribution in [3.63, 3.8) is 0 Å². The third kappa shape index (κ3) is 7.68. The Labute approximate surface area is 236 Å². The molecule has 0 aliphatic carbocycles. The number of hydrogen-bond donors (Lipinski definition) is 1. The van der Waals surface area contributed by atoms with Crippen LogP contribution in [0.2, 0.25) is 0 Å². The number of esters is 2. The maximum absolute atomic E-state index is 12.5. The normalized spacial score (nSPS) is 11.1. The van der Waals surface area contributed by atoms with Gasteiger partial charge in [0.2, 0.25) is 0 Å². The van der Waals surface area contributed by atoms with Crippen molar-refractivity contribution in [3.8, 4) is 11.5 Å². The highest BCUT2D eigenvalue weighted by Crippen LogP contribution is 2.18. The topological polar surface area (TPSA) is 111 Å².